The highest BCUT2D eigenvalue weighted by Crippen LogP contribution is 2.25. The van der Waals surface area contributed by atoms with Crippen molar-refractivity contribution in [2.75, 3.05) is 11.9 Å². The van der Waals surface area contributed by atoms with Gasteiger partial charge in [0.25, 0.3) is 0 Å². The molecule has 1 heterocycles. The summed E-state index contributed by atoms with van der Waals surface area (Å²) in [7, 11) is 0. The number of rotatable bonds is 4. The summed E-state index contributed by atoms with van der Waals surface area (Å²) in [6, 6.07) is 0.519. The Labute approximate surface area is 108 Å². The van der Waals surface area contributed by atoms with Gasteiger partial charge in [0.05, 0.1) is 12.2 Å². The molecule has 0 radical (unpaired) electrons. The average molecular weight is 250 g/mol. The highest BCUT2D eigenvalue weighted by molar-refractivity contribution is 5.48. The van der Waals surface area contributed by atoms with Crippen molar-refractivity contribution in [3.63, 3.8) is 0 Å². The second-order valence-corrected chi connectivity index (χ2v) is 4.78. The van der Waals surface area contributed by atoms with Crippen LogP contribution in [-0.2, 0) is 0 Å². The maximum Gasteiger partial charge on any atom is 0.221 e. The van der Waals surface area contributed by atoms with Crippen LogP contribution >= 0.6 is 0 Å². The van der Waals surface area contributed by atoms with Gasteiger partial charge in [-0.3, -0.25) is 0 Å². The highest BCUT2D eigenvalue weighted by atomic mass is 16.5. The van der Waals surface area contributed by atoms with Gasteiger partial charge in [0.1, 0.15) is 12.1 Å². The van der Waals surface area contributed by atoms with Gasteiger partial charge >= 0.3 is 0 Å². The lowest BCUT2D eigenvalue weighted by Gasteiger charge is -2.30. The molecule has 2 atom stereocenters. The summed E-state index contributed by atoms with van der Waals surface area (Å²) in [4.78, 5) is 8.43. The first-order valence-corrected chi connectivity index (χ1v) is 6.69. The summed E-state index contributed by atoms with van der Waals surface area (Å²) in [6.45, 7) is 4.54. The van der Waals surface area contributed by atoms with Crippen molar-refractivity contribution in [2.24, 2.45) is 5.73 Å². The highest BCUT2D eigenvalue weighted by Gasteiger charge is 2.22. The number of hydrogen-bond acceptors (Lipinski definition) is 5. The molecule has 5 nitrogen and oxygen atoms in total. The van der Waals surface area contributed by atoms with Crippen molar-refractivity contribution < 1.29 is 4.74 Å². The molecule has 0 saturated heterocycles. The molecule has 1 aliphatic carbocycles. The van der Waals surface area contributed by atoms with Crippen molar-refractivity contribution in [1.82, 2.24) is 9.97 Å². The van der Waals surface area contributed by atoms with Crippen LogP contribution in [-0.4, -0.2) is 28.7 Å². The monoisotopic (exact) mass is 250 g/mol. The van der Waals surface area contributed by atoms with E-state index in [1.165, 1.54) is 19.2 Å². The van der Waals surface area contributed by atoms with Crippen molar-refractivity contribution in [2.45, 2.75) is 51.6 Å². The van der Waals surface area contributed by atoms with Gasteiger partial charge in [-0.15, -0.1) is 0 Å². The quantitative estimate of drug-likeness (QED) is 0.853. The van der Waals surface area contributed by atoms with Crippen LogP contribution in [0.5, 0.6) is 5.88 Å². The first-order valence-electron chi connectivity index (χ1n) is 6.69. The lowest BCUT2D eigenvalue weighted by atomic mass is 9.91. The van der Waals surface area contributed by atoms with E-state index in [0.717, 1.165) is 24.2 Å². The van der Waals surface area contributed by atoms with E-state index in [4.69, 9.17) is 10.5 Å². The predicted molar refractivity (Wildman–Crippen MR) is 71.8 cm³/mol. The van der Waals surface area contributed by atoms with Crippen LogP contribution in [0.4, 0.5) is 5.82 Å². The Morgan fingerprint density at radius 1 is 1.39 bits per heavy atom. The molecule has 1 saturated carbocycles. The van der Waals surface area contributed by atoms with Crippen LogP contribution in [0.25, 0.3) is 0 Å². The standard InChI is InChI=1S/C13H22N4O/c1-3-18-13-9(2)12(15-8-16-13)17-11-7-5-4-6-10(11)14/h8,10-11H,3-7,14H2,1-2H3,(H,15,16,17). The third kappa shape index (κ3) is 2.90. The minimum Gasteiger partial charge on any atom is -0.478 e. The Kier molecular flexibility index (Phi) is 4.36. The lowest BCUT2D eigenvalue weighted by molar-refractivity contribution is 0.323. The van der Waals surface area contributed by atoms with E-state index >= 15 is 0 Å². The van der Waals surface area contributed by atoms with E-state index in [-0.39, 0.29) is 6.04 Å². The first-order chi connectivity index (χ1) is 8.72. The Bertz CT molecular complexity index is 397. The molecule has 0 aromatic carbocycles. The van der Waals surface area contributed by atoms with E-state index in [2.05, 4.69) is 15.3 Å². The predicted octanol–water partition coefficient (Wildman–Crippen LogP) is 1.87. The minimum atomic E-state index is 0.212. The van der Waals surface area contributed by atoms with E-state index in [1.807, 2.05) is 13.8 Å². The third-order valence-electron chi connectivity index (χ3n) is 3.46. The number of aromatic nitrogens is 2. The maximum absolute atomic E-state index is 6.14. The van der Waals surface area contributed by atoms with E-state index < -0.39 is 0 Å². The summed E-state index contributed by atoms with van der Waals surface area (Å²) < 4.78 is 5.47. The second kappa shape index (κ2) is 6.00. The zero-order valence-electron chi connectivity index (χ0n) is 11.1. The molecule has 3 N–H and O–H groups in total. The fourth-order valence-electron chi connectivity index (χ4n) is 2.38. The van der Waals surface area contributed by atoms with Gasteiger partial charge in [-0.2, -0.15) is 0 Å². The first kappa shape index (κ1) is 13.1. The molecule has 0 amide bonds. The summed E-state index contributed by atoms with van der Waals surface area (Å²) in [5, 5.41) is 3.44. The molecule has 1 aromatic rings. The van der Waals surface area contributed by atoms with Crippen molar-refractivity contribution >= 4 is 5.82 Å². The molecule has 5 heteroatoms. The Morgan fingerprint density at radius 2 is 2.17 bits per heavy atom. The fourth-order valence-corrected chi connectivity index (χ4v) is 2.38. The summed E-state index contributed by atoms with van der Waals surface area (Å²) in [5.41, 5.74) is 7.09. The van der Waals surface area contributed by atoms with Crippen LogP contribution in [0.3, 0.4) is 0 Å². The smallest absolute Gasteiger partial charge is 0.221 e. The number of nitrogens with two attached hydrogens (primary N) is 1. The van der Waals surface area contributed by atoms with E-state index in [1.54, 1.807) is 0 Å². The van der Waals surface area contributed by atoms with Gasteiger partial charge < -0.3 is 15.8 Å². The molecule has 1 aromatic heterocycles. The maximum atomic E-state index is 6.14. The molecule has 1 aliphatic rings. The summed E-state index contributed by atoms with van der Waals surface area (Å²) >= 11 is 0. The fraction of sp³-hybridized carbons (Fsp3) is 0.692. The number of nitrogens with one attached hydrogen (secondary N) is 1. The lowest BCUT2D eigenvalue weighted by Crippen LogP contribution is -2.42. The molecule has 18 heavy (non-hydrogen) atoms. The minimum absolute atomic E-state index is 0.212. The molecule has 0 bridgehead atoms. The van der Waals surface area contributed by atoms with Gasteiger partial charge in [0.15, 0.2) is 0 Å². The van der Waals surface area contributed by atoms with Crippen molar-refractivity contribution in [3.05, 3.63) is 11.9 Å². The van der Waals surface area contributed by atoms with Gasteiger partial charge in [-0.25, -0.2) is 9.97 Å². The van der Waals surface area contributed by atoms with Gasteiger partial charge in [0.2, 0.25) is 5.88 Å². The number of ether oxygens (including phenoxy) is 1. The third-order valence-corrected chi connectivity index (χ3v) is 3.46. The molecule has 0 aliphatic heterocycles. The van der Waals surface area contributed by atoms with E-state index in [0.29, 0.717) is 18.5 Å². The largest absolute Gasteiger partial charge is 0.478 e. The van der Waals surface area contributed by atoms with Crippen LogP contribution in [0.2, 0.25) is 0 Å². The van der Waals surface area contributed by atoms with Gasteiger partial charge in [-0.05, 0) is 26.7 Å². The summed E-state index contributed by atoms with van der Waals surface area (Å²) in [5.74, 6) is 1.50. The van der Waals surface area contributed by atoms with Crippen LogP contribution in [0, 0.1) is 6.92 Å². The number of nitrogens with zero attached hydrogens (tertiary/aromatic N) is 2. The Balaban J connectivity index is 2.10. The normalized spacial score (nSPS) is 23.7. The molecule has 1 fully saturated rings. The zero-order chi connectivity index (χ0) is 13.0. The van der Waals surface area contributed by atoms with Crippen LogP contribution < -0.4 is 15.8 Å². The van der Waals surface area contributed by atoms with Gasteiger partial charge in [0, 0.05) is 12.1 Å². The molecular formula is C13H22N4O. The van der Waals surface area contributed by atoms with Crippen LogP contribution in [0.1, 0.15) is 38.2 Å². The average Bonchev–Trinajstić information content (AvgIpc) is 2.37. The van der Waals surface area contributed by atoms with Crippen molar-refractivity contribution in [3.8, 4) is 5.88 Å². The molecular weight excluding hydrogens is 228 g/mol. The zero-order valence-corrected chi connectivity index (χ0v) is 11.1. The Morgan fingerprint density at radius 3 is 2.89 bits per heavy atom. The molecule has 2 rings (SSSR count). The van der Waals surface area contributed by atoms with Crippen molar-refractivity contribution in [1.29, 1.82) is 0 Å². The van der Waals surface area contributed by atoms with Crippen LogP contribution in [0.15, 0.2) is 6.33 Å². The Hall–Kier alpha value is -1.36. The second-order valence-electron chi connectivity index (χ2n) is 4.78. The SMILES string of the molecule is CCOc1ncnc(NC2CCCCC2N)c1C. The molecule has 0 spiro atoms. The number of anilines is 1. The molecule has 100 valence electrons. The number of hydrogen-bond donors (Lipinski definition) is 2. The molecule has 2 unspecified atom stereocenters. The van der Waals surface area contributed by atoms with Gasteiger partial charge in [-0.1, -0.05) is 12.8 Å². The topological polar surface area (TPSA) is 73.1 Å². The van der Waals surface area contributed by atoms with E-state index in [9.17, 15) is 0 Å². The summed E-state index contributed by atoms with van der Waals surface area (Å²) in [6.07, 6.45) is 6.18.